The van der Waals surface area contributed by atoms with Gasteiger partial charge in [0.25, 0.3) is 0 Å². The topological polar surface area (TPSA) is 25.8 Å². The monoisotopic (exact) mass is 290 g/mol. The number of rotatable bonds is 2. The average molecular weight is 291 g/mol. The molecule has 0 aliphatic carbocycles. The molecule has 0 unspecified atom stereocenters. The van der Waals surface area contributed by atoms with Crippen LogP contribution in [-0.4, -0.2) is 16.1 Å². The van der Waals surface area contributed by atoms with E-state index >= 15 is 0 Å². The highest BCUT2D eigenvalue weighted by Crippen LogP contribution is 2.27. The van der Waals surface area contributed by atoms with E-state index in [1.54, 1.807) is 0 Å². The normalized spacial score (nSPS) is 11.6. The van der Waals surface area contributed by atoms with Gasteiger partial charge in [-0.1, -0.05) is 11.6 Å². The summed E-state index contributed by atoms with van der Waals surface area (Å²) in [6.45, 7) is 0. The van der Waals surface area contributed by atoms with E-state index in [-0.39, 0.29) is 16.4 Å². The van der Waals surface area contributed by atoms with E-state index in [0.29, 0.717) is 5.56 Å². The van der Waals surface area contributed by atoms with Crippen LogP contribution in [0.5, 0.6) is 0 Å². The van der Waals surface area contributed by atoms with Crippen molar-refractivity contribution in [2.45, 2.75) is 12.6 Å². The Hall–Kier alpha value is -1.69. The first-order chi connectivity index (χ1) is 8.85. The van der Waals surface area contributed by atoms with Gasteiger partial charge in [0.05, 0.1) is 29.0 Å². The van der Waals surface area contributed by atoms with Crippen molar-refractivity contribution >= 4 is 11.6 Å². The standard InChI is InChI=1S/C12H7ClF4N2/c13-10-3-7(14)1-2-9(10)11-6-18-8(5-19-11)4-12(15,16)17/h1-3,5-6H,4H2. The van der Waals surface area contributed by atoms with Gasteiger partial charge in [-0.3, -0.25) is 9.97 Å². The zero-order chi connectivity index (χ0) is 14.0. The Morgan fingerprint density at radius 1 is 1.11 bits per heavy atom. The van der Waals surface area contributed by atoms with E-state index in [1.807, 2.05) is 0 Å². The molecule has 100 valence electrons. The van der Waals surface area contributed by atoms with Gasteiger partial charge in [0.2, 0.25) is 0 Å². The molecule has 2 nitrogen and oxygen atoms in total. The zero-order valence-corrected chi connectivity index (χ0v) is 10.1. The Balaban J connectivity index is 2.27. The van der Waals surface area contributed by atoms with Crippen molar-refractivity contribution in [1.82, 2.24) is 9.97 Å². The summed E-state index contributed by atoms with van der Waals surface area (Å²) in [5.41, 5.74) is 0.513. The van der Waals surface area contributed by atoms with Crippen molar-refractivity contribution in [2.75, 3.05) is 0 Å². The van der Waals surface area contributed by atoms with Crippen LogP contribution in [0.15, 0.2) is 30.6 Å². The third kappa shape index (κ3) is 3.64. The fourth-order valence-corrected chi connectivity index (χ4v) is 1.75. The van der Waals surface area contributed by atoms with Gasteiger partial charge in [0.1, 0.15) is 5.82 Å². The molecule has 19 heavy (non-hydrogen) atoms. The first-order valence-corrected chi connectivity index (χ1v) is 5.56. The highest BCUT2D eigenvalue weighted by molar-refractivity contribution is 6.33. The lowest BCUT2D eigenvalue weighted by atomic mass is 10.1. The molecule has 0 saturated heterocycles. The summed E-state index contributed by atoms with van der Waals surface area (Å²) >= 11 is 5.82. The lowest BCUT2D eigenvalue weighted by molar-refractivity contribution is -0.127. The van der Waals surface area contributed by atoms with Crippen LogP contribution in [0.1, 0.15) is 5.69 Å². The quantitative estimate of drug-likeness (QED) is 0.780. The van der Waals surface area contributed by atoms with Gasteiger partial charge in [-0.25, -0.2) is 4.39 Å². The highest BCUT2D eigenvalue weighted by atomic mass is 35.5. The van der Waals surface area contributed by atoms with Crippen LogP contribution >= 0.6 is 11.6 Å². The van der Waals surface area contributed by atoms with E-state index < -0.39 is 18.4 Å². The van der Waals surface area contributed by atoms with Gasteiger partial charge in [0.15, 0.2) is 0 Å². The van der Waals surface area contributed by atoms with Crippen molar-refractivity contribution in [1.29, 1.82) is 0 Å². The number of halogens is 5. The molecule has 0 aliphatic heterocycles. The van der Waals surface area contributed by atoms with Crippen LogP contribution < -0.4 is 0 Å². The van der Waals surface area contributed by atoms with E-state index in [4.69, 9.17) is 11.6 Å². The van der Waals surface area contributed by atoms with Crippen molar-refractivity contribution in [3.63, 3.8) is 0 Å². The molecule has 0 saturated carbocycles. The number of hydrogen-bond acceptors (Lipinski definition) is 2. The molecule has 0 spiro atoms. The number of aromatic nitrogens is 2. The lowest BCUT2D eigenvalue weighted by Gasteiger charge is -2.07. The second kappa shape index (κ2) is 5.13. The molecular weight excluding hydrogens is 284 g/mol. The second-order valence-electron chi connectivity index (χ2n) is 3.81. The maximum absolute atomic E-state index is 12.9. The van der Waals surface area contributed by atoms with Crippen molar-refractivity contribution < 1.29 is 17.6 Å². The highest BCUT2D eigenvalue weighted by Gasteiger charge is 2.28. The minimum atomic E-state index is -4.33. The molecule has 1 aromatic heterocycles. The summed E-state index contributed by atoms with van der Waals surface area (Å²) in [4.78, 5) is 7.52. The molecule has 2 rings (SSSR count). The molecule has 0 bridgehead atoms. The Morgan fingerprint density at radius 2 is 1.84 bits per heavy atom. The molecule has 7 heteroatoms. The largest absolute Gasteiger partial charge is 0.394 e. The molecule has 0 amide bonds. The molecule has 2 aromatic rings. The Bertz CT molecular complexity index is 581. The second-order valence-corrected chi connectivity index (χ2v) is 4.22. The smallest absolute Gasteiger partial charge is 0.257 e. The van der Waals surface area contributed by atoms with Crippen molar-refractivity contribution in [3.05, 3.63) is 47.1 Å². The molecule has 1 heterocycles. The minimum Gasteiger partial charge on any atom is -0.257 e. The van der Waals surface area contributed by atoms with Crippen molar-refractivity contribution in [2.24, 2.45) is 0 Å². The Labute approximate surface area is 111 Å². The van der Waals surface area contributed by atoms with Gasteiger partial charge in [-0.15, -0.1) is 0 Å². The Morgan fingerprint density at radius 3 is 2.37 bits per heavy atom. The van der Waals surface area contributed by atoms with Crippen LogP contribution in [0.4, 0.5) is 17.6 Å². The summed E-state index contributed by atoms with van der Waals surface area (Å²) in [5, 5.41) is 0.123. The van der Waals surface area contributed by atoms with E-state index in [1.165, 1.54) is 18.3 Å². The zero-order valence-electron chi connectivity index (χ0n) is 9.38. The summed E-state index contributed by atoms with van der Waals surface area (Å²) in [5.74, 6) is -0.504. The van der Waals surface area contributed by atoms with Gasteiger partial charge >= 0.3 is 6.18 Å². The minimum absolute atomic E-state index is 0.123. The molecular formula is C12H7ClF4N2. The molecule has 0 atom stereocenters. The van der Waals surface area contributed by atoms with Crippen LogP contribution in [0, 0.1) is 5.82 Å². The van der Waals surface area contributed by atoms with Gasteiger partial charge in [-0.05, 0) is 18.2 Å². The summed E-state index contributed by atoms with van der Waals surface area (Å²) < 4.78 is 49.3. The summed E-state index contributed by atoms with van der Waals surface area (Å²) in [6, 6.07) is 3.68. The fourth-order valence-electron chi connectivity index (χ4n) is 1.49. The predicted molar refractivity (Wildman–Crippen MR) is 62.2 cm³/mol. The lowest BCUT2D eigenvalue weighted by Crippen LogP contribution is -2.12. The van der Waals surface area contributed by atoms with E-state index in [9.17, 15) is 17.6 Å². The molecule has 0 N–H and O–H groups in total. The van der Waals surface area contributed by atoms with Gasteiger partial charge < -0.3 is 0 Å². The van der Waals surface area contributed by atoms with Gasteiger partial charge in [0, 0.05) is 11.8 Å². The van der Waals surface area contributed by atoms with E-state index in [2.05, 4.69) is 9.97 Å². The van der Waals surface area contributed by atoms with Crippen molar-refractivity contribution in [3.8, 4) is 11.3 Å². The van der Waals surface area contributed by atoms with Crippen LogP contribution in [0.25, 0.3) is 11.3 Å². The number of nitrogens with zero attached hydrogens (tertiary/aromatic N) is 2. The third-order valence-electron chi connectivity index (χ3n) is 2.29. The first-order valence-electron chi connectivity index (χ1n) is 5.18. The maximum Gasteiger partial charge on any atom is 0.394 e. The summed E-state index contributed by atoms with van der Waals surface area (Å²) in [6.07, 6.45) is -3.26. The number of benzene rings is 1. The van der Waals surface area contributed by atoms with Crippen LogP contribution in [0.3, 0.4) is 0 Å². The maximum atomic E-state index is 12.9. The van der Waals surface area contributed by atoms with Gasteiger partial charge in [-0.2, -0.15) is 13.2 Å². The fraction of sp³-hybridized carbons (Fsp3) is 0.167. The first kappa shape index (κ1) is 13.7. The summed E-state index contributed by atoms with van der Waals surface area (Å²) in [7, 11) is 0. The average Bonchev–Trinajstić information content (AvgIpc) is 2.28. The van der Waals surface area contributed by atoms with Crippen LogP contribution in [0.2, 0.25) is 5.02 Å². The molecule has 0 radical (unpaired) electrons. The number of alkyl halides is 3. The van der Waals surface area contributed by atoms with Crippen LogP contribution in [-0.2, 0) is 6.42 Å². The molecule has 0 fully saturated rings. The Kier molecular flexibility index (Phi) is 3.71. The van der Waals surface area contributed by atoms with E-state index in [0.717, 1.165) is 12.3 Å². The SMILES string of the molecule is Fc1ccc(-c2cnc(CC(F)(F)F)cn2)c(Cl)c1. The molecule has 1 aromatic carbocycles. The number of hydrogen-bond donors (Lipinski definition) is 0. The predicted octanol–water partition coefficient (Wildman–Crippen LogP) is 4.04. The molecule has 0 aliphatic rings. The third-order valence-corrected chi connectivity index (χ3v) is 2.61.